The number of halogens is 1. The predicted molar refractivity (Wildman–Crippen MR) is 74.6 cm³/mol. The van der Waals surface area contributed by atoms with E-state index in [1.54, 1.807) is 0 Å². The van der Waals surface area contributed by atoms with Crippen LogP contribution in [0.1, 0.15) is 25.0 Å². The first-order chi connectivity index (χ1) is 8.49. The van der Waals surface area contributed by atoms with Crippen LogP contribution in [0.15, 0.2) is 22.7 Å². The van der Waals surface area contributed by atoms with E-state index < -0.39 is 0 Å². The van der Waals surface area contributed by atoms with Crippen molar-refractivity contribution in [3.63, 3.8) is 0 Å². The zero-order valence-corrected chi connectivity index (χ0v) is 11.6. The summed E-state index contributed by atoms with van der Waals surface area (Å²) in [5.74, 6) is 0.891. The van der Waals surface area contributed by atoms with E-state index in [4.69, 9.17) is 21.9 Å². The number of nitrogens with zero attached hydrogens (tertiary/aromatic N) is 1. The Balaban J connectivity index is 2.47. The highest BCUT2D eigenvalue weighted by Crippen LogP contribution is 2.31. The van der Waals surface area contributed by atoms with Gasteiger partial charge in [-0.1, -0.05) is 42.7 Å². The number of hydrogen-bond acceptors (Lipinski definition) is 3. The molecule has 3 nitrogen and oxygen atoms in total. The molecule has 2 N–H and O–H groups in total. The van der Waals surface area contributed by atoms with Crippen molar-refractivity contribution >= 4 is 17.5 Å². The summed E-state index contributed by atoms with van der Waals surface area (Å²) in [7, 11) is 0. The van der Waals surface area contributed by atoms with Gasteiger partial charge in [0.05, 0.1) is 0 Å². The third-order valence-electron chi connectivity index (χ3n) is 2.88. The molecule has 0 fully saturated rings. The quantitative estimate of drug-likeness (QED) is 0.909. The molecule has 2 rings (SSSR count). The van der Waals surface area contributed by atoms with Gasteiger partial charge in [-0.25, -0.2) is 0 Å². The molecule has 4 heteroatoms. The van der Waals surface area contributed by atoms with E-state index >= 15 is 0 Å². The van der Waals surface area contributed by atoms with E-state index in [1.807, 2.05) is 25.1 Å². The normalized spacial score (nSPS) is 11.2. The zero-order valence-electron chi connectivity index (χ0n) is 10.8. The van der Waals surface area contributed by atoms with E-state index in [0.717, 1.165) is 33.8 Å². The highest BCUT2D eigenvalue weighted by molar-refractivity contribution is 6.31. The summed E-state index contributed by atoms with van der Waals surface area (Å²) < 4.78 is 5.11. The van der Waals surface area contributed by atoms with Crippen LogP contribution in [-0.2, 0) is 6.42 Å². The minimum Gasteiger partial charge on any atom is -0.367 e. The van der Waals surface area contributed by atoms with Crippen molar-refractivity contribution in [3.05, 3.63) is 34.3 Å². The van der Waals surface area contributed by atoms with E-state index in [1.165, 1.54) is 0 Å². The topological polar surface area (TPSA) is 52.0 Å². The number of nitrogens with two attached hydrogens (primary N) is 1. The molecule has 0 amide bonds. The number of anilines is 1. The molecule has 2 aromatic rings. The maximum Gasteiger partial charge on any atom is 0.225 e. The SMILES string of the molecule is Cc1ccc(-c2noc(N)c2CC(C)C)cc1Cl. The number of hydrogen-bond donors (Lipinski definition) is 1. The summed E-state index contributed by atoms with van der Waals surface area (Å²) >= 11 is 6.14. The van der Waals surface area contributed by atoms with Gasteiger partial charge >= 0.3 is 0 Å². The summed E-state index contributed by atoms with van der Waals surface area (Å²) in [6, 6.07) is 5.86. The van der Waals surface area contributed by atoms with E-state index in [-0.39, 0.29) is 0 Å². The van der Waals surface area contributed by atoms with Crippen LogP contribution in [0.4, 0.5) is 5.88 Å². The Labute approximate surface area is 112 Å². The minimum absolute atomic E-state index is 0.399. The third-order valence-corrected chi connectivity index (χ3v) is 3.28. The fraction of sp³-hybridized carbons (Fsp3) is 0.357. The molecule has 0 bridgehead atoms. The molecule has 0 aliphatic carbocycles. The van der Waals surface area contributed by atoms with Gasteiger partial charge in [0, 0.05) is 16.1 Å². The molecule has 0 unspecified atom stereocenters. The van der Waals surface area contributed by atoms with Gasteiger partial charge in [0.25, 0.3) is 0 Å². The van der Waals surface area contributed by atoms with E-state index in [9.17, 15) is 0 Å². The lowest BCUT2D eigenvalue weighted by Crippen LogP contribution is -1.98. The standard InChI is InChI=1S/C14H17ClN2O/c1-8(2)6-11-13(17-18-14(11)16)10-5-4-9(3)12(15)7-10/h4-5,7-8H,6,16H2,1-3H3. The van der Waals surface area contributed by atoms with Crippen LogP contribution in [0.2, 0.25) is 5.02 Å². The van der Waals surface area contributed by atoms with Crippen LogP contribution in [0.25, 0.3) is 11.3 Å². The highest BCUT2D eigenvalue weighted by Gasteiger charge is 2.17. The third kappa shape index (κ3) is 2.51. The van der Waals surface area contributed by atoms with Crippen molar-refractivity contribution in [1.29, 1.82) is 0 Å². The average Bonchev–Trinajstić information content (AvgIpc) is 2.64. The van der Waals surface area contributed by atoms with E-state index in [2.05, 4.69) is 19.0 Å². The molecule has 1 heterocycles. The summed E-state index contributed by atoms with van der Waals surface area (Å²) in [4.78, 5) is 0. The molecular formula is C14H17ClN2O. The second-order valence-corrected chi connectivity index (χ2v) is 5.34. The van der Waals surface area contributed by atoms with Gasteiger partial charge in [0.2, 0.25) is 5.88 Å². The van der Waals surface area contributed by atoms with E-state index in [0.29, 0.717) is 11.8 Å². The summed E-state index contributed by atoms with van der Waals surface area (Å²) in [6.07, 6.45) is 0.843. The highest BCUT2D eigenvalue weighted by atomic mass is 35.5. The molecule has 0 saturated heterocycles. The molecule has 96 valence electrons. The molecule has 18 heavy (non-hydrogen) atoms. The van der Waals surface area contributed by atoms with Crippen LogP contribution >= 0.6 is 11.6 Å². The molecule has 0 spiro atoms. The van der Waals surface area contributed by atoms with Gasteiger partial charge in [0.15, 0.2) is 0 Å². The average molecular weight is 265 g/mol. The van der Waals surface area contributed by atoms with Gasteiger partial charge in [-0.2, -0.15) is 0 Å². The van der Waals surface area contributed by atoms with Crippen molar-refractivity contribution in [2.24, 2.45) is 5.92 Å². The number of aromatic nitrogens is 1. The Hall–Kier alpha value is -1.48. The fourth-order valence-corrected chi connectivity index (χ4v) is 2.07. The molecule has 1 aromatic carbocycles. The fourth-order valence-electron chi connectivity index (χ4n) is 1.89. The molecule has 0 atom stereocenters. The molecular weight excluding hydrogens is 248 g/mol. The Morgan fingerprint density at radius 3 is 2.72 bits per heavy atom. The molecule has 0 aliphatic rings. The van der Waals surface area contributed by atoms with Crippen molar-refractivity contribution in [2.75, 3.05) is 5.73 Å². The molecule has 1 aromatic heterocycles. The second kappa shape index (κ2) is 5.02. The van der Waals surface area contributed by atoms with Gasteiger partial charge < -0.3 is 10.3 Å². The second-order valence-electron chi connectivity index (χ2n) is 4.94. The number of rotatable bonds is 3. The van der Waals surface area contributed by atoms with Crippen molar-refractivity contribution < 1.29 is 4.52 Å². The van der Waals surface area contributed by atoms with Gasteiger partial charge in [-0.3, -0.25) is 0 Å². The monoisotopic (exact) mass is 264 g/mol. The Bertz CT molecular complexity index is 561. The summed E-state index contributed by atoms with van der Waals surface area (Å²) in [6.45, 7) is 6.25. The van der Waals surface area contributed by atoms with Gasteiger partial charge in [0.1, 0.15) is 5.69 Å². The first kappa shape index (κ1) is 13.0. The van der Waals surface area contributed by atoms with Crippen molar-refractivity contribution in [2.45, 2.75) is 27.2 Å². The van der Waals surface area contributed by atoms with Crippen LogP contribution in [0.3, 0.4) is 0 Å². The Morgan fingerprint density at radius 1 is 1.39 bits per heavy atom. The smallest absolute Gasteiger partial charge is 0.225 e. The number of nitrogen functional groups attached to an aromatic ring is 1. The summed E-state index contributed by atoms with van der Waals surface area (Å²) in [5.41, 5.74) is 9.58. The number of benzene rings is 1. The maximum atomic E-state index is 6.14. The lowest BCUT2D eigenvalue weighted by molar-refractivity contribution is 0.438. The number of aryl methyl sites for hydroxylation is 1. The van der Waals surface area contributed by atoms with Crippen LogP contribution in [0, 0.1) is 12.8 Å². The van der Waals surface area contributed by atoms with Gasteiger partial charge in [-0.15, -0.1) is 0 Å². The van der Waals surface area contributed by atoms with Crippen LogP contribution in [-0.4, -0.2) is 5.16 Å². The van der Waals surface area contributed by atoms with Crippen molar-refractivity contribution in [1.82, 2.24) is 5.16 Å². The zero-order chi connectivity index (χ0) is 13.3. The molecule has 0 saturated carbocycles. The Morgan fingerprint density at radius 2 is 2.11 bits per heavy atom. The lowest BCUT2D eigenvalue weighted by Gasteiger charge is -2.06. The van der Waals surface area contributed by atoms with Gasteiger partial charge in [-0.05, 0) is 30.9 Å². The van der Waals surface area contributed by atoms with Crippen LogP contribution < -0.4 is 5.73 Å². The minimum atomic E-state index is 0.399. The largest absolute Gasteiger partial charge is 0.367 e. The first-order valence-electron chi connectivity index (χ1n) is 5.99. The molecule has 0 aliphatic heterocycles. The molecule has 0 radical (unpaired) electrons. The summed E-state index contributed by atoms with van der Waals surface area (Å²) in [5, 5.41) is 4.78. The maximum absolute atomic E-state index is 6.14. The predicted octanol–water partition coefficient (Wildman–Crippen LogP) is 4.08. The van der Waals surface area contributed by atoms with Crippen molar-refractivity contribution in [3.8, 4) is 11.3 Å². The Kier molecular flexibility index (Phi) is 3.62. The van der Waals surface area contributed by atoms with Crippen LogP contribution in [0.5, 0.6) is 0 Å². The lowest BCUT2D eigenvalue weighted by atomic mass is 9.99. The first-order valence-corrected chi connectivity index (χ1v) is 6.37.